The van der Waals surface area contributed by atoms with Gasteiger partial charge in [-0.25, -0.2) is 4.98 Å². The summed E-state index contributed by atoms with van der Waals surface area (Å²) in [4.78, 5) is 19.8. The highest BCUT2D eigenvalue weighted by molar-refractivity contribution is 7.22. The lowest BCUT2D eigenvalue weighted by molar-refractivity contribution is -0.125. The maximum Gasteiger partial charge on any atom is 0.225 e. The molecule has 1 saturated heterocycles. The Bertz CT molecular complexity index is 951. The first-order valence-corrected chi connectivity index (χ1v) is 10.4. The minimum Gasteiger partial charge on any atom is -0.352 e. The molecule has 0 radical (unpaired) electrons. The van der Waals surface area contributed by atoms with E-state index in [0.29, 0.717) is 6.54 Å². The highest BCUT2D eigenvalue weighted by Gasteiger charge is 2.27. The molecule has 1 aromatic heterocycles. The third-order valence-electron chi connectivity index (χ3n) is 5.19. The molecule has 4 nitrogen and oxygen atoms in total. The van der Waals surface area contributed by atoms with E-state index in [1.165, 1.54) is 15.8 Å². The SMILES string of the molecule is Cc1cc(C)c2nc(N3CCCC(C(=O)NCc4ccccc4)C3)sc2c1. The number of nitrogens with zero attached hydrogens (tertiary/aromatic N) is 2. The third kappa shape index (κ3) is 3.98. The van der Waals surface area contributed by atoms with Crippen molar-refractivity contribution in [3.63, 3.8) is 0 Å². The molecule has 1 aliphatic heterocycles. The van der Waals surface area contributed by atoms with Crippen molar-refractivity contribution >= 4 is 32.6 Å². The van der Waals surface area contributed by atoms with Crippen LogP contribution in [-0.4, -0.2) is 24.0 Å². The fraction of sp³-hybridized carbons (Fsp3) is 0.364. The Morgan fingerprint density at radius 2 is 2.07 bits per heavy atom. The van der Waals surface area contributed by atoms with Crippen molar-refractivity contribution < 1.29 is 4.79 Å². The molecule has 0 bridgehead atoms. The quantitative estimate of drug-likeness (QED) is 0.729. The van der Waals surface area contributed by atoms with Crippen molar-refractivity contribution in [2.75, 3.05) is 18.0 Å². The number of benzene rings is 2. The number of thiazole rings is 1. The number of carbonyl (C=O) groups excluding carboxylic acids is 1. The lowest BCUT2D eigenvalue weighted by atomic mass is 9.97. The first kappa shape index (κ1) is 18.0. The van der Waals surface area contributed by atoms with Gasteiger partial charge in [0.15, 0.2) is 5.13 Å². The number of rotatable bonds is 4. The zero-order valence-corrected chi connectivity index (χ0v) is 16.7. The fourth-order valence-electron chi connectivity index (χ4n) is 3.79. The fourth-order valence-corrected chi connectivity index (χ4v) is 4.97. The maximum atomic E-state index is 12.7. The van der Waals surface area contributed by atoms with Crippen LogP contribution in [0.5, 0.6) is 0 Å². The number of fused-ring (bicyclic) bond motifs is 1. The van der Waals surface area contributed by atoms with E-state index in [4.69, 9.17) is 4.98 Å². The number of aromatic nitrogens is 1. The Hall–Kier alpha value is -2.40. The van der Waals surface area contributed by atoms with Crippen molar-refractivity contribution in [3.8, 4) is 0 Å². The van der Waals surface area contributed by atoms with Crippen molar-refractivity contribution in [2.45, 2.75) is 33.2 Å². The molecule has 2 heterocycles. The van der Waals surface area contributed by atoms with Crippen LogP contribution in [0.15, 0.2) is 42.5 Å². The normalized spacial score (nSPS) is 17.3. The number of amides is 1. The molecule has 1 aliphatic rings. The average molecular weight is 380 g/mol. The van der Waals surface area contributed by atoms with E-state index in [2.05, 4.69) is 36.2 Å². The predicted octanol–water partition coefficient (Wildman–Crippen LogP) is 4.45. The van der Waals surface area contributed by atoms with Gasteiger partial charge in [-0.2, -0.15) is 0 Å². The molecule has 1 atom stereocenters. The summed E-state index contributed by atoms with van der Waals surface area (Å²) in [5.41, 5.74) is 4.72. The van der Waals surface area contributed by atoms with E-state index in [-0.39, 0.29) is 11.8 Å². The van der Waals surface area contributed by atoms with Crippen LogP contribution in [-0.2, 0) is 11.3 Å². The van der Waals surface area contributed by atoms with E-state index < -0.39 is 0 Å². The average Bonchev–Trinajstić information content (AvgIpc) is 3.11. The lowest BCUT2D eigenvalue weighted by Crippen LogP contribution is -2.42. The van der Waals surface area contributed by atoms with Crippen molar-refractivity contribution in [2.24, 2.45) is 5.92 Å². The lowest BCUT2D eigenvalue weighted by Gasteiger charge is -2.31. The molecule has 27 heavy (non-hydrogen) atoms. The zero-order chi connectivity index (χ0) is 18.8. The monoisotopic (exact) mass is 379 g/mol. The molecule has 1 amide bonds. The Morgan fingerprint density at radius 3 is 2.89 bits per heavy atom. The zero-order valence-electron chi connectivity index (χ0n) is 15.9. The molecule has 5 heteroatoms. The van der Waals surface area contributed by atoms with E-state index in [9.17, 15) is 4.79 Å². The Morgan fingerprint density at radius 1 is 1.26 bits per heavy atom. The topological polar surface area (TPSA) is 45.2 Å². The van der Waals surface area contributed by atoms with Gasteiger partial charge < -0.3 is 10.2 Å². The molecule has 3 aromatic rings. The minimum absolute atomic E-state index is 0.0253. The second kappa shape index (κ2) is 7.69. The molecule has 0 spiro atoms. The first-order chi connectivity index (χ1) is 13.1. The molecule has 0 aliphatic carbocycles. The highest BCUT2D eigenvalue weighted by Crippen LogP contribution is 2.33. The number of anilines is 1. The number of hydrogen-bond donors (Lipinski definition) is 1. The molecule has 140 valence electrons. The Labute approximate surface area is 164 Å². The summed E-state index contributed by atoms with van der Waals surface area (Å²) < 4.78 is 1.23. The van der Waals surface area contributed by atoms with Crippen LogP contribution in [0.25, 0.3) is 10.2 Å². The number of hydrogen-bond acceptors (Lipinski definition) is 4. The molecule has 1 unspecified atom stereocenters. The van der Waals surface area contributed by atoms with Crippen LogP contribution in [0.1, 0.15) is 29.5 Å². The van der Waals surface area contributed by atoms with Gasteiger partial charge in [-0.05, 0) is 49.4 Å². The Balaban J connectivity index is 1.45. The molecule has 4 rings (SSSR count). The molecule has 1 fully saturated rings. The summed E-state index contributed by atoms with van der Waals surface area (Å²) >= 11 is 1.74. The smallest absolute Gasteiger partial charge is 0.225 e. The second-order valence-corrected chi connectivity index (χ2v) is 8.42. The van der Waals surface area contributed by atoms with Crippen LogP contribution in [0.3, 0.4) is 0 Å². The number of nitrogens with one attached hydrogen (secondary N) is 1. The van der Waals surface area contributed by atoms with Gasteiger partial charge in [-0.3, -0.25) is 4.79 Å². The van der Waals surface area contributed by atoms with Crippen molar-refractivity contribution in [3.05, 3.63) is 59.2 Å². The summed E-state index contributed by atoms with van der Waals surface area (Å²) in [7, 11) is 0. The highest BCUT2D eigenvalue weighted by atomic mass is 32.1. The largest absolute Gasteiger partial charge is 0.352 e. The first-order valence-electron chi connectivity index (χ1n) is 9.54. The van der Waals surface area contributed by atoms with Gasteiger partial charge in [-0.15, -0.1) is 0 Å². The van der Waals surface area contributed by atoms with Gasteiger partial charge in [0.1, 0.15) is 0 Å². The standard InChI is InChI=1S/C22H25N3OS/c1-15-11-16(2)20-19(12-15)27-22(24-20)25-10-6-9-18(14-25)21(26)23-13-17-7-4-3-5-8-17/h3-5,7-8,11-12,18H,6,9-10,13-14H2,1-2H3,(H,23,26). The third-order valence-corrected chi connectivity index (χ3v) is 6.25. The number of carbonyl (C=O) groups is 1. The second-order valence-electron chi connectivity index (χ2n) is 7.41. The van der Waals surface area contributed by atoms with Gasteiger partial charge in [0, 0.05) is 19.6 Å². The summed E-state index contributed by atoms with van der Waals surface area (Å²) in [6, 6.07) is 14.5. The van der Waals surface area contributed by atoms with E-state index >= 15 is 0 Å². The van der Waals surface area contributed by atoms with Crippen molar-refractivity contribution in [1.82, 2.24) is 10.3 Å². The minimum atomic E-state index is 0.0253. The van der Waals surface area contributed by atoms with Gasteiger partial charge in [-0.1, -0.05) is 47.7 Å². The van der Waals surface area contributed by atoms with Gasteiger partial charge in [0.2, 0.25) is 5.91 Å². The summed E-state index contributed by atoms with van der Waals surface area (Å²) in [5.74, 6) is 0.175. The molecule has 1 N–H and O–H groups in total. The molecule has 2 aromatic carbocycles. The predicted molar refractivity (Wildman–Crippen MR) is 112 cm³/mol. The molecular weight excluding hydrogens is 354 g/mol. The summed E-state index contributed by atoms with van der Waals surface area (Å²) in [6.45, 7) is 6.56. The number of aryl methyl sites for hydroxylation is 2. The van der Waals surface area contributed by atoms with Crippen LogP contribution in [0, 0.1) is 19.8 Å². The number of piperidine rings is 1. The van der Waals surface area contributed by atoms with E-state index in [0.717, 1.165) is 42.1 Å². The van der Waals surface area contributed by atoms with Crippen LogP contribution in [0.2, 0.25) is 0 Å². The van der Waals surface area contributed by atoms with Crippen LogP contribution >= 0.6 is 11.3 Å². The summed E-state index contributed by atoms with van der Waals surface area (Å²) in [5, 5.41) is 4.14. The van der Waals surface area contributed by atoms with Gasteiger partial charge in [0.25, 0.3) is 0 Å². The van der Waals surface area contributed by atoms with Crippen molar-refractivity contribution in [1.29, 1.82) is 0 Å². The van der Waals surface area contributed by atoms with Gasteiger partial charge >= 0.3 is 0 Å². The molecular formula is C22H25N3OS. The Kier molecular flexibility index (Phi) is 5.12. The van der Waals surface area contributed by atoms with Gasteiger partial charge in [0.05, 0.1) is 16.1 Å². The molecule has 0 saturated carbocycles. The van der Waals surface area contributed by atoms with Crippen LogP contribution < -0.4 is 10.2 Å². The van der Waals surface area contributed by atoms with Crippen LogP contribution in [0.4, 0.5) is 5.13 Å². The maximum absolute atomic E-state index is 12.7. The van der Waals surface area contributed by atoms with E-state index in [1.54, 1.807) is 11.3 Å². The van der Waals surface area contributed by atoms with E-state index in [1.807, 2.05) is 30.3 Å². The summed E-state index contributed by atoms with van der Waals surface area (Å²) in [6.07, 6.45) is 1.97.